The Labute approximate surface area is 74.0 Å². The van der Waals surface area contributed by atoms with Crippen molar-refractivity contribution in [3.05, 3.63) is 0 Å². The molecule has 12 heavy (non-hydrogen) atoms. The van der Waals surface area contributed by atoms with Crippen LogP contribution in [0.2, 0.25) is 0 Å². The van der Waals surface area contributed by atoms with Gasteiger partial charge in [0.2, 0.25) is 0 Å². The van der Waals surface area contributed by atoms with Crippen LogP contribution in [0.5, 0.6) is 0 Å². The van der Waals surface area contributed by atoms with Crippen LogP contribution in [0.1, 0.15) is 33.1 Å². The maximum atomic E-state index is 10.4. The number of hydrogen-bond donors (Lipinski definition) is 1. The van der Waals surface area contributed by atoms with Crippen molar-refractivity contribution in [1.29, 1.82) is 0 Å². The van der Waals surface area contributed by atoms with Crippen molar-refractivity contribution in [3.63, 3.8) is 0 Å². The summed E-state index contributed by atoms with van der Waals surface area (Å²) in [5.41, 5.74) is 0.148. The third-order valence-corrected chi connectivity index (χ3v) is 3.57. The van der Waals surface area contributed by atoms with Crippen molar-refractivity contribution < 1.29 is 9.90 Å². The molecule has 0 spiro atoms. The van der Waals surface area contributed by atoms with Gasteiger partial charge in [0.05, 0.1) is 0 Å². The third kappa shape index (κ3) is 1.53. The monoisotopic (exact) mass is 170 g/mol. The Kier molecular flexibility index (Phi) is 2.89. The lowest BCUT2D eigenvalue weighted by Crippen LogP contribution is -2.27. The fourth-order valence-corrected chi connectivity index (χ4v) is 2.34. The van der Waals surface area contributed by atoms with E-state index in [1.165, 1.54) is 0 Å². The molecule has 0 aromatic rings. The Morgan fingerprint density at radius 3 is 2.42 bits per heavy atom. The molecule has 2 atom stereocenters. The number of hydrogen-bond acceptors (Lipinski definition) is 2. The third-order valence-electron chi connectivity index (χ3n) is 3.57. The van der Waals surface area contributed by atoms with Gasteiger partial charge in [-0.1, -0.05) is 13.8 Å². The van der Waals surface area contributed by atoms with Gasteiger partial charge in [0, 0.05) is 13.0 Å². The topological polar surface area (TPSA) is 37.3 Å². The van der Waals surface area contributed by atoms with Gasteiger partial charge in [0.15, 0.2) is 0 Å². The second-order valence-electron chi connectivity index (χ2n) is 4.38. The van der Waals surface area contributed by atoms with Crippen LogP contribution < -0.4 is 0 Å². The van der Waals surface area contributed by atoms with Gasteiger partial charge in [0.25, 0.3) is 0 Å². The van der Waals surface area contributed by atoms with Crippen LogP contribution in [0.25, 0.3) is 0 Å². The molecule has 1 rings (SSSR count). The van der Waals surface area contributed by atoms with Gasteiger partial charge in [0.1, 0.15) is 6.29 Å². The molecule has 2 unspecified atom stereocenters. The second-order valence-corrected chi connectivity index (χ2v) is 4.38. The summed E-state index contributed by atoms with van der Waals surface area (Å²) in [6.45, 7) is 4.59. The van der Waals surface area contributed by atoms with Gasteiger partial charge in [-0.05, 0) is 30.1 Å². The molecule has 2 nitrogen and oxygen atoms in total. The first kappa shape index (κ1) is 9.72. The Morgan fingerprint density at radius 1 is 1.42 bits per heavy atom. The Balaban J connectivity index is 2.63. The van der Waals surface area contributed by atoms with Crippen molar-refractivity contribution in [2.24, 2.45) is 17.3 Å². The van der Waals surface area contributed by atoms with Crippen LogP contribution in [0.15, 0.2) is 0 Å². The number of carbonyl (C=O) groups excluding carboxylic acids is 1. The highest BCUT2D eigenvalue weighted by molar-refractivity contribution is 5.50. The molecule has 70 valence electrons. The zero-order chi connectivity index (χ0) is 9.19. The summed E-state index contributed by atoms with van der Waals surface area (Å²) in [5, 5.41) is 9.10. The van der Waals surface area contributed by atoms with Crippen LogP contribution in [-0.4, -0.2) is 18.0 Å². The first-order valence-electron chi connectivity index (χ1n) is 4.67. The average Bonchev–Trinajstić information content (AvgIpc) is 2.28. The van der Waals surface area contributed by atoms with E-state index in [9.17, 15) is 4.79 Å². The van der Waals surface area contributed by atoms with E-state index >= 15 is 0 Å². The fraction of sp³-hybridized carbons (Fsp3) is 0.900. The SMILES string of the molecule is CC1(C)C(CO)CCC1CC=O. The highest BCUT2D eigenvalue weighted by atomic mass is 16.3. The Hall–Kier alpha value is -0.370. The highest BCUT2D eigenvalue weighted by Gasteiger charge is 2.41. The zero-order valence-corrected chi connectivity index (χ0v) is 7.92. The van der Waals surface area contributed by atoms with Crippen LogP contribution >= 0.6 is 0 Å². The lowest BCUT2D eigenvalue weighted by molar-refractivity contribution is -0.109. The maximum absolute atomic E-state index is 10.4. The fourth-order valence-electron chi connectivity index (χ4n) is 2.34. The van der Waals surface area contributed by atoms with E-state index in [2.05, 4.69) is 13.8 Å². The summed E-state index contributed by atoms with van der Waals surface area (Å²) in [6, 6.07) is 0. The maximum Gasteiger partial charge on any atom is 0.120 e. The highest BCUT2D eigenvalue weighted by Crippen LogP contribution is 2.48. The van der Waals surface area contributed by atoms with Gasteiger partial charge in [-0.2, -0.15) is 0 Å². The van der Waals surface area contributed by atoms with Gasteiger partial charge in [-0.3, -0.25) is 0 Å². The van der Waals surface area contributed by atoms with Crippen molar-refractivity contribution in [3.8, 4) is 0 Å². The number of carbonyl (C=O) groups is 1. The number of aldehydes is 1. The minimum Gasteiger partial charge on any atom is -0.396 e. The van der Waals surface area contributed by atoms with Gasteiger partial charge < -0.3 is 9.90 Å². The first-order chi connectivity index (χ1) is 5.62. The van der Waals surface area contributed by atoms with E-state index < -0.39 is 0 Å². The van der Waals surface area contributed by atoms with Gasteiger partial charge in [-0.15, -0.1) is 0 Å². The molecule has 1 aliphatic carbocycles. The number of rotatable bonds is 3. The molecule has 0 amide bonds. The van der Waals surface area contributed by atoms with Crippen molar-refractivity contribution >= 4 is 6.29 Å². The van der Waals surface area contributed by atoms with Crippen molar-refractivity contribution in [2.45, 2.75) is 33.1 Å². The second kappa shape index (κ2) is 3.56. The molecular formula is C10H18O2. The molecule has 0 heterocycles. The standard InChI is InChI=1S/C10H18O2/c1-10(2)8(5-6-11)3-4-9(10)7-12/h6,8-9,12H,3-5,7H2,1-2H3. The van der Waals surface area contributed by atoms with Crippen LogP contribution in [-0.2, 0) is 4.79 Å². The quantitative estimate of drug-likeness (QED) is 0.653. The Bertz CT molecular complexity index is 163. The molecule has 0 aliphatic heterocycles. The van der Waals surface area contributed by atoms with E-state index in [4.69, 9.17) is 5.11 Å². The number of aliphatic hydroxyl groups is 1. The van der Waals surface area contributed by atoms with E-state index in [-0.39, 0.29) is 12.0 Å². The molecule has 0 bridgehead atoms. The normalized spacial score (nSPS) is 33.6. The van der Waals surface area contributed by atoms with E-state index in [1.54, 1.807) is 0 Å². The van der Waals surface area contributed by atoms with Crippen LogP contribution in [0.3, 0.4) is 0 Å². The molecule has 1 saturated carbocycles. The smallest absolute Gasteiger partial charge is 0.120 e. The number of aliphatic hydroxyl groups excluding tert-OH is 1. The summed E-state index contributed by atoms with van der Waals surface area (Å²) in [7, 11) is 0. The summed E-state index contributed by atoms with van der Waals surface area (Å²) in [5.74, 6) is 0.870. The predicted octanol–water partition coefficient (Wildman–Crippen LogP) is 1.62. The minimum absolute atomic E-state index is 0.148. The Morgan fingerprint density at radius 2 is 2.00 bits per heavy atom. The van der Waals surface area contributed by atoms with Gasteiger partial charge in [-0.25, -0.2) is 0 Å². The van der Waals surface area contributed by atoms with Crippen molar-refractivity contribution in [1.82, 2.24) is 0 Å². The zero-order valence-electron chi connectivity index (χ0n) is 7.92. The summed E-state index contributed by atoms with van der Waals surface area (Å²) < 4.78 is 0. The van der Waals surface area contributed by atoms with Gasteiger partial charge >= 0.3 is 0 Å². The summed E-state index contributed by atoms with van der Waals surface area (Å²) in [4.78, 5) is 10.4. The molecule has 0 aromatic carbocycles. The van der Waals surface area contributed by atoms with Crippen LogP contribution in [0.4, 0.5) is 0 Å². The minimum atomic E-state index is 0.148. The molecule has 0 radical (unpaired) electrons. The average molecular weight is 170 g/mol. The molecule has 1 N–H and O–H groups in total. The first-order valence-corrected chi connectivity index (χ1v) is 4.67. The lowest BCUT2D eigenvalue weighted by atomic mass is 9.75. The molecule has 2 heteroatoms. The van der Waals surface area contributed by atoms with E-state index in [0.717, 1.165) is 19.1 Å². The summed E-state index contributed by atoms with van der Waals surface area (Å²) >= 11 is 0. The van der Waals surface area contributed by atoms with E-state index in [1.807, 2.05) is 0 Å². The van der Waals surface area contributed by atoms with Crippen LogP contribution in [0, 0.1) is 17.3 Å². The summed E-state index contributed by atoms with van der Waals surface area (Å²) in [6.07, 6.45) is 3.83. The molecular weight excluding hydrogens is 152 g/mol. The molecule has 1 aliphatic rings. The van der Waals surface area contributed by atoms with E-state index in [0.29, 0.717) is 18.3 Å². The molecule has 1 fully saturated rings. The largest absolute Gasteiger partial charge is 0.396 e. The molecule has 0 saturated heterocycles. The lowest BCUT2D eigenvalue weighted by Gasteiger charge is -2.31. The predicted molar refractivity (Wildman–Crippen MR) is 47.8 cm³/mol. The molecule has 0 aromatic heterocycles. The van der Waals surface area contributed by atoms with Crippen molar-refractivity contribution in [2.75, 3.05) is 6.61 Å².